The molecule has 0 unspecified atom stereocenters. The average molecular weight is 364 g/mol. The summed E-state index contributed by atoms with van der Waals surface area (Å²) in [6, 6.07) is 12.9. The molecule has 0 fully saturated rings. The van der Waals surface area contributed by atoms with Crippen LogP contribution in [0.3, 0.4) is 0 Å². The summed E-state index contributed by atoms with van der Waals surface area (Å²) in [5, 5.41) is 7.15. The van der Waals surface area contributed by atoms with Crippen LogP contribution in [-0.2, 0) is 37.5 Å². The standard InChI is InChI=1S/C17H12N2O2.Y/c1-9-5-4-7-11-13(17(21)19-14(9)11)15-16(20)10-6-2-3-8-12(10)18-15;/h2-8H,1H3,(H2,18,19,20,21);/p-1. The first-order valence-corrected chi connectivity index (χ1v) is 6.68. The molecule has 0 bridgehead atoms. The van der Waals surface area contributed by atoms with E-state index in [1.165, 1.54) is 0 Å². The fraction of sp³-hybridized carbons (Fsp3) is 0.0588. The number of nitrogens with one attached hydrogen (secondary N) is 1. The Bertz CT molecular complexity index is 855. The fourth-order valence-electron chi connectivity index (χ4n) is 2.82. The minimum absolute atomic E-state index is 0. The Balaban J connectivity index is 0.00000144. The van der Waals surface area contributed by atoms with E-state index < -0.39 is 0 Å². The van der Waals surface area contributed by atoms with Gasteiger partial charge in [-0.1, -0.05) is 35.9 Å². The molecule has 1 amide bonds. The van der Waals surface area contributed by atoms with Gasteiger partial charge in [0.1, 0.15) is 0 Å². The average Bonchev–Trinajstić information content (AvgIpc) is 2.98. The molecule has 4 nitrogen and oxygen atoms in total. The van der Waals surface area contributed by atoms with Gasteiger partial charge < -0.3 is 15.4 Å². The van der Waals surface area contributed by atoms with Crippen LogP contribution >= 0.6 is 0 Å². The second-order valence-electron chi connectivity index (χ2n) is 5.14. The number of aryl methyl sites for hydroxylation is 1. The van der Waals surface area contributed by atoms with E-state index in [0.717, 1.165) is 16.8 Å². The van der Waals surface area contributed by atoms with Gasteiger partial charge in [-0.3, -0.25) is 4.79 Å². The minimum atomic E-state index is -0.358. The van der Waals surface area contributed by atoms with Gasteiger partial charge in [0.15, 0.2) is 0 Å². The zero-order chi connectivity index (χ0) is 14.6. The first-order chi connectivity index (χ1) is 10.2. The molecule has 5 heteroatoms. The van der Waals surface area contributed by atoms with Crippen molar-refractivity contribution in [2.45, 2.75) is 6.92 Å². The van der Waals surface area contributed by atoms with Gasteiger partial charge in [-0.05, 0) is 24.6 Å². The van der Waals surface area contributed by atoms with Crippen LogP contribution in [0.1, 0.15) is 21.5 Å². The molecule has 2 aromatic carbocycles. The van der Waals surface area contributed by atoms with Gasteiger partial charge in [0.2, 0.25) is 5.78 Å². The van der Waals surface area contributed by atoms with Crippen molar-refractivity contribution in [1.29, 1.82) is 0 Å². The van der Waals surface area contributed by atoms with Gasteiger partial charge in [-0.15, -0.1) is 5.69 Å². The van der Waals surface area contributed by atoms with Crippen molar-refractivity contribution in [3.63, 3.8) is 0 Å². The maximum atomic E-state index is 12.5. The number of Topliss-reactive ketones (excluding diaryl/α,β-unsaturated/α-hetero) is 1. The monoisotopic (exact) mass is 364 g/mol. The number of para-hydroxylation sites is 2. The first kappa shape index (κ1) is 15.1. The molecule has 0 aromatic heterocycles. The molecule has 0 aliphatic carbocycles. The van der Waals surface area contributed by atoms with Crippen molar-refractivity contribution >= 4 is 28.6 Å². The summed E-state index contributed by atoms with van der Waals surface area (Å²) >= 11 is 0. The van der Waals surface area contributed by atoms with Crippen molar-refractivity contribution in [2.24, 2.45) is 0 Å². The number of rotatable bonds is 0. The molecule has 2 aliphatic rings. The third-order valence-electron chi connectivity index (χ3n) is 3.84. The van der Waals surface area contributed by atoms with E-state index in [1.807, 2.05) is 43.3 Å². The SMILES string of the molecule is Cc1cccc2c1[N-]C(=O)/C2=C1\Nc2ccccc2C1=O.[Y]. The van der Waals surface area contributed by atoms with Crippen LogP contribution in [0.25, 0.3) is 10.9 Å². The third kappa shape index (κ3) is 2.06. The van der Waals surface area contributed by atoms with Gasteiger partial charge in [-0.25, -0.2) is 0 Å². The number of fused-ring (bicyclic) bond motifs is 2. The Morgan fingerprint density at radius 2 is 1.68 bits per heavy atom. The van der Waals surface area contributed by atoms with E-state index >= 15 is 0 Å². The van der Waals surface area contributed by atoms with Crippen LogP contribution in [-0.4, -0.2) is 11.7 Å². The van der Waals surface area contributed by atoms with E-state index in [9.17, 15) is 9.59 Å². The Labute approximate surface area is 152 Å². The smallest absolute Gasteiger partial charge is 0.211 e. The van der Waals surface area contributed by atoms with Crippen LogP contribution in [0, 0.1) is 6.92 Å². The van der Waals surface area contributed by atoms with Crippen LogP contribution in [0.5, 0.6) is 0 Å². The normalized spacial score (nSPS) is 18.2. The predicted molar refractivity (Wildman–Crippen MR) is 80.5 cm³/mol. The summed E-state index contributed by atoms with van der Waals surface area (Å²) in [6.07, 6.45) is 0. The quantitative estimate of drug-likeness (QED) is 0.728. The summed E-state index contributed by atoms with van der Waals surface area (Å²) in [6.45, 7) is 1.90. The second-order valence-corrected chi connectivity index (χ2v) is 5.14. The van der Waals surface area contributed by atoms with Crippen molar-refractivity contribution in [2.75, 3.05) is 5.32 Å². The largest absolute Gasteiger partial charge is 0.622 e. The molecule has 22 heavy (non-hydrogen) atoms. The molecule has 2 aliphatic heterocycles. The zero-order valence-corrected chi connectivity index (χ0v) is 14.7. The first-order valence-electron chi connectivity index (χ1n) is 6.68. The third-order valence-corrected chi connectivity index (χ3v) is 3.84. The fourth-order valence-corrected chi connectivity index (χ4v) is 2.82. The molecule has 0 atom stereocenters. The van der Waals surface area contributed by atoms with E-state index in [2.05, 4.69) is 10.6 Å². The second kappa shape index (κ2) is 5.45. The molecule has 4 rings (SSSR count). The molecule has 1 radical (unpaired) electrons. The van der Waals surface area contributed by atoms with Crippen molar-refractivity contribution in [3.8, 4) is 0 Å². The number of benzene rings is 2. The summed E-state index contributed by atoms with van der Waals surface area (Å²) in [5.41, 5.74) is 4.34. The maximum absolute atomic E-state index is 12.5. The number of anilines is 1. The number of amides is 1. The molecule has 105 valence electrons. The van der Waals surface area contributed by atoms with Gasteiger partial charge in [-0.2, -0.15) is 0 Å². The predicted octanol–water partition coefficient (Wildman–Crippen LogP) is 3.56. The van der Waals surface area contributed by atoms with Gasteiger partial charge in [0, 0.05) is 49.5 Å². The maximum Gasteiger partial charge on any atom is 0.211 e. The van der Waals surface area contributed by atoms with E-state index in [4.69, 9.17) is 0 Å². The number of hydrogen-bond acceptors (Lipinski definition) is 3. The Kier molecular flexibility index (Phi) is 3.75. The number of allylic oxidation sites excluding steroid dienone is 1. The molecular formula is C17H11N2O2Y-. The van der Waals surface area contributed by atoms with E-state index in [0.29, 0.717) is 22.5 Å². The van der Waals surface area contributed by atoms with Crippen LogP contribution in [0.4, 0.5) is 11.4 Å². The molecular weight excluding hydrogens is 353 g/mol. The van der Waals surface area contributed by atoms with Crippen molar-refractivity contribution in [3.05, 3.63) is 70.2 Å². The number of ketones is 1. The minimum Gasteiger partial charge on any atom is -0.622 e. The molecule has 2 heterocycles. The molecule has 0 spiro atoms. The number of nitrogens with zero attached hydrogens (tertiary/aromatic N) is 1. The van der Waals surface area contributed by atoms with Gasteiger partial charge >= 0.3 is 0 Å². The number of carbonyl (C=O) groups is 2. The zero-order valence-electron chi connectivity index (χ0n) is 11.9. The van der Waals surface area contributed by atoms with Crippen LogP contribution < -0.4 is 5.32 Å². The summed E-state index contributed by atoms with van der Waals surface area (Å²) in [4.78, 5) is 24.8. The summed E-state index contributed by atoms with van der Waals surface area (Å²) in [5.74, 6) is -0.513. The Hall–Kier alpha value is -1.78. The van der Waals surface area contributed by atoms with E-state index in [-0.39, 0.29) is 44.4 Å². The summed E-state index contributed by atoms with van der Waals surface area (Å²) < 4.78 is 0. The Morgan fingerprint density at radius 1 is 0.955 bits per heavy atom. The molecule has 1 N–H and O–H groups in total. The van der Waals surface area contributed by atoms with Gasteiger partial charge in [0.25, 0.3) is 0 Å². The van der Waals surface area contributed by atoms with E-state index in [1.54, 1.807) is 6.07 Å². The van der Waals surface area contributed by atoms with Crippen LogP contribution in [0.15, 0.2) is 48.2 Å². The van der Waals surface area contributed by atoms with Crippen molar-refractivity contribution < 1.29 is 42.3 Å². The summed E-state index contributed by atoms with van der Waals surface area (Å²) in [7, 11) is 0. The van der Waals surface area contributed by atoms with Crippen molar-refractivity contribution in [1.82, 2.24) is 0 Å². The van der Waals surface area contributed by atoms with Crippen LogP contribution in [0.2, 0.25) is 0 Å². The topological polar surface area (TPSA) is 60.3 Å². The number of hydrogen-bond donors (Lipinski definition) is 1. The van der Waals surface area contributed by atoms with Gasteiger partial charge in [0.05, 0.1) is 11.6 Å². The Morgan fingerprint density at radius 3 is 2.45 bits per heavy atom. The molecule has 0 saturated carbocycles. The molecule has 2 aromatic rings. The number of carbonyl (C=O) groups excluding carboxylic acids is 2. The molecule has 0 saturated heterocycles.